The van der Waals surface area contributed by atoms with Crippen LogP contribution in [0.3, 0.4) is 0 Å². The van der Waals surface area contributed by atoms with Gasteiger partial charge in [0.2, 0.25) is 5.91 Å². The van der Waals surface area contributed by atoms with Gasteiger partial charge in [-0.15, -0.1) is 0 Å². The summed E-state index contributed by atoms with van der Waals surface area (Å²) < 4.78 is 0. The van der Waals surface area contributed by atoms with Crippen molar-refractivity contribution in [1.29, 1.82) is 0 Å². The number of hydrogen-bond donors (Lipinski definition) is 2. The highest BCUT2D eigenvalue weighted by molar-refractivity contribution is 5.79. The highest BCUT2D eigenvalue weighted by Gasteiger charge is 2.37. The summed E-state index contributed by atoms with van der Waals surface area (Å²) in [5, 5.41) is 10.5. The number of hydrazine groups is 1. The zero-order valence-electron chi connectivity index (χ0n) is 9.21. The van der Waals surface area contributed by atoms with Crippen molar-refractivity contribution in [3.8, 4) is 0 Å². The summed E-state index contributed by atoms with van der Waals surface area (Å²) in [6.07, 6.45) is 1.49. The van der Waals surface area contributed by atoms with Crippen LogP contribution in [0, 0.1) is 5.92 Å². The molecule has 1 aliphatic heterocycles. The number of carbonyl (C=O) groups is 1. The molecule has 0 aromatic rings. The topological polar surface area (TPSA) is 52.6 Å². The predicted molar refractivity (Wildman–Crippen MR) is 54.4 cm³/mol. The van der Waals surface area contributed by atoms with Gasteiger partial charge in [-0.2, -0.15) is 0 Å². The van der Waals surface area contributed by atoms with E-state index in [4.69, 9.17) is 5.11 Å². The van der Waals surface area contributed by atoms with Crippen LogP contribution in [0.1, 0.15) is 33.6 Å². The number of rotatable bonds is 4. The molecule has 2 unspecified atom stereocenters. The van der Waals surface area contributed by atoms with Crippen molar-refractivity contribution in [3.05, 3.63) is 0 Å². The molecule has 1 aliphatic rings. The molecule has 0 radical (unpaired) electrons. The lowest BCUT2D eigenvalue weighted by atomic mass is 9.97. The molecule has 1 heterocycles. The van der Waals surface area contributed by atoms with E-state index < -0.39 is 0 Å². The molecule has 0 aromatic heterocycles. The summed E-state index contributed by atoms with van der Waals surface area (Å²) in [5.41, 5.74) is 3.11. The summed E-state index contributed by atoms with van der Waals surface area (Å²) in [6.45, 7) is 6.75. The lowest BCUT2D eigenvalue weighted by molar-refractivity contribution is -0.130. The van der Waals surface area contributed by atoms with Crippen molar-refractivity contribution >= 4 is 5.91 Å². The van der Waals surface area contributed by atoms with Crippen LogP contribution < -0.4 is 5.43 Å². The van der Waals surface area contributed by atoms with E-state index in [0.717, 1.165) is 6.42 Å². The van der Waals surface area contributed by atoms with Crippen molar-refractivity contribution in [2.45, 2.75) is 39.2 Å². The third-order valence-electron chi connectivity index (χ3n) is 2.83. The number of carbonyl (C=O) groups excluding carboxylic acids is 1. The van der Waals surface area contributed by atoms with Gasteiger partial charge in [0.1, 0.15) is 0 Å². The highest BCUT2D eigenvalue weighted by Crippen LogP contribution is 2.23. The first-order valence-corrected chi connectivity index (χ1v) is 5.20. The molecule has 0 bridgehead atoms. The first-order valence-electron chi connectivity index (χ1n) is 5.20. The second-order valence-electron chi connectivity index (χ2n) is 4.49. The lowest BCUT2D eigenvalue weighted by Gasteiger charge is -2.25. The van der Waals surface area contributed by atoms with Gasteiger partial charge < -0.3 is 5.11 Å². The van der Waals surface area contributed by atoms with Crippen LogP contribution in [0.25, 0.3) is 0 Å². The fraction of sp³-hybridized carbons (Fsp3) is 0.900. The zero-order valence-corrected chi connectivity index (χ0v) is 9.21. The molecule has 14 heavy (non-hydrogen) atoms. The van der Waals surface area contributed by atoms with Crippen LogP contribution in [-0.4, -0.2) is 34.7 Å². The van der Waals surface area contributed by atoms with Crippen LogP contribution >= 0.6 is 0 Å². The number of aliphatic hydroxyl groups is 1. The first-order chi connectivity index (χ1) is 6.50. The third kappa shape index (κ3) is 2.45. The van der Waals surface area contributed by atoms with Crippen molar-refractivity contribution in [1.82, 2.24) is 10.4 Å². The molecule has 2 N–H and O–H groups in total. The fourth-order valence-electron chi connectivity index (χ4n) is 1.58. The molecule has 0 spiro atoms. The maximum absolute atomic E-state index is 11.6. The average Bonchev–Trinajstić information content (AvgIpc) is 2.43. The van der Waals surface area contributed by atoms with Gasteiger partial charge in [-0.05, 0) is 19.3 Å². The quantitative estimate of drug-likeness (QED) is 0.695. The van der Waals surface area contributed by atoms with Crippen molar-refractivity contribution in [2.75, 3.05) is 13.2 Å². The number of nitrogens with one attached hydrogen (secondary N) is 1. The van der Waals surface area contributed by atoms with E-state index in [1.54, 1.807) is 5.01 Å². The average molecular weight is 200 g/mol. The van der Waals surface area contributed by atoms with Gasteiger partial charge >= 0.3 is 0 Å². The van der Waals surface area contributed by atoms with Gasteiger partial charge in [-0.25, -0.2) is 5.43 Å². The van der Waals surface area contributed by atoms with Crippen LogP contribution in [0.2, 0.25) is 0 Å². The summed E-state index contributed by atoms with van der Waals surface area (Å²) >= 11 is 0. The Labute approximate surface area is 85.3 Å². The molecule has 4 heteroatoms. The predicted octanol–water partition coefficient (Wildman–Crippen LogP) is 0.520. The Bertz CT molecular complexity index is 220. The Morgan fingerprint density at radius 3 is 2.79 bits per heavy atom. The normalized spacial score (nSPS) is 29.7. The Morgan fingerprint density at radius 2 is 2.36 bits per heavy atom. The van der Waals surface area contributed by atoms with E-state index in [9.17, 15) is 4.79 Å². The first kappa shape index (κ1) is 11.5. The summed E-state index contributed by atoms with van der Waals surface area (Å²) in [5.74, 6) is 0.264. The van der Waals surface area contributed by atoms with Gasteiger partial charge in [0, 0.05) is 25.1 Å². The second kappa shape index (κ2) is 4.28. The molecule has 0 saturated carbocycles. The number of hydrogen-bond acceptors (Lipinski definition) is 3. The van der Waals surface area contributed by atoms with Gasteiger partial charge in [-0.1, -0.05) is 13.8 Å². The Balaban J connectivity index is 2.53. The van der Waals surface area contributed by atoms with E-state index >= 15 is 0 Å². The highest BCUT2D eigenvalue weighted by atomic mass is 16.3. The zero-order chi connectivity index (χ0) is 10.8. The fourth-order valence-corrected chi connectivity index (χ4v) is 1.58. The van der Waals surface area contributed by atoms with Crippen molar-refractivity contribution in [3.63, 3.8) is 0 Å². The molecule has 1 amide bonds. The SMILES string of the molecule is CCC1(C)CC(=O)N(CC(C)CO)N1. The van der Waals surface area contributed by atoms with Gasteiger partial charge in [0.15, 0.2) is 0 Å². The summed E-state index contributed by atoms with van der Waals surface area (Å²) in [7, 11) is 0. The molecule has 1 saturated heterocycles. The van der Waals surface area contributed by atoms with Gasteiger partial charge in [0.05, 0.1) is 0 Å². The van der Waals surface area contributed by atoms with Crippen LogP contribution in [0.4, 0.5) is 0 Å². The second-order valence-corrected chi connectivity index (χ2v) is 4.49. The van der Waals surface area contributed by atoms with Gasteiger partial charge in [-0.3, -0.25) is 9.80 Å². The number of amides is 1. The minimum Gasteiger partial charge on any atom is -0.396 e. The van der Waals surface area contributed by atoms with Crippen LogP contribution in [0.15, 0.2) is 0 Å². The van der Waals surface area contributed by atoms with Crippen molar-refractivity contribution < 1.29 is 9.90 Å². The Morgan fingerprint density at radius 1 is 1.71 bits per heavy atom. The molecule has 0 aliphatic carbocycles. The van der Waals surface area contributed by atoms with E-state index in [2.05, 4.69) is 19.3 Å². The molecular weight excluding hydrogens is 180 g/mol. The van der Waals surface area contributed by atoms with E-state index in [1.807, 2.05) is 6.92 Å². The van der Waals surface area contributed by atoms with E-state index in [1.165, 1.54) is 0 Å². The standard InChI is InChI=1S/C10H20N2O2/c1-4-10(3)5-9(14)12(11-10)6-8(2)7-13/h8,11,13H,4-7H2,1-3H3. The number of aliphatic hydroxyl groups excluding tert-OH is 1. The Hall–Kier alpha value is -0.610. The smallest absolute Gasteiger partial charge is 0.238 e. The molecular formula is C10H20N2O2. The molecule has 1 fully saturated rings. The number of nitrogens with zero attached hydrogens (tertiary/aromatic N) is 1. The Kier molecular flexibility index (Phi) is 3.50. The molecule has 2 atom stereocenters. The summed E-state index contributed by atoms with van der Waals surface area (Å²) in [4.78, 5) is 11.6. The molecule has 82 valence electrons. The molecule has 1 rings (SSSR count). The largest absolute Gasteiger partial charge is 0.396 e. The lowest BCUT2D eigenvalue weighted by Crippen LogP contribution is -2.45. The van der Waals surface area contributed by atoms with E-state index in [0.29, 0.717) is 13.0 Å². The molecule has 0 aromatic carbocycles. The summed E-state index contributed by atoms with van der Waals surface area (Å²) in [6, 6.07) is 0. The minimum atomic E-state index is -0.0910. The maximum Gasteiger partial charge on any atom is 0.238 e. The monoisotopic (exact) mass is 200 g/mol. The van der Waals surface area contributed by atoms with Crippen molar-refractivity contribution in [2.24, 2.45) is 5.92 Å². The third-order valence-corrected chi connectivity index (χ3v) is 2.83. The van der Waals surface area contributed by atoms with Crippen LogP contribution in [0.5, 0.6) is 0 Å². The minimum absolute atomic E-state index is 0.0910. The van der Waals surface area contributed by atoms with Gasteiger partial charge in [0.25, 0.3) is 0 Å². The maximum atomic E-state index is 11.6. The molecule has 4 nitrogen and oxygen atoms in total. The van der Waals surface area contributed by atoms with Crippen LogP contribution in [-0.2, 0) is 4.79 Å². The van der Waals surface area contributed by atoms with E-state index in [-0.39, 0.29) is 24.0 Å².